The van der Waals surface area contributed by atoms with Gasteiger partial charge < -0.3 is 19.7 Å². The van der Waals surface area contributed by atoms with Crippen molar-refractivity contribution >= 4 is 6.03 Å². The summed E-state index contributed by atoms with van der Waals surface area (Å²) in [5.41, 5.74) is 1.62. The van der Waals surface area contributed by atoms with Crippen molar-refractivity contribution in [2.24, 2.45) is 0 Å². The number of piperazine rings is 1. The molecule has 0 aliphatic carbocycles. The first-order valence-corrected chi connectivity index (χ1v) is 9.30. The lowest BCUT2D eigenvalue weighted by Gasteiger charge is -2.34. The fourth-order valence-electron chi connectivity index (χ4n) is 3.26. The topological polar surface area (TPSA) is 54.0 Å². The molecule has 2 amide bonds. The fraction of sp³-hybridized carbons (Fsp3) is 0.381. The normalized spacial score (nSPS) is 14.6. The van der Waals surface area contributed by atoms with Gasteiger partial charge in [-0.05, 0) is 23.8 Å². The summed E-state index contributed by atoms with van der Waals surface area (Å²) in [7, 11) is 3.17. The lowest BCUT2D eigenvalue weighted by molar-refractivity contribution is 0.134. The second-order valence-electron chi connectivity index (χ2n) is 6.70. The Balaban J connectivity index is 1.47. The number of amides is 2. The van der Waals surface area contributed by atoms with Gasteiger partial charge in [-0.1, -0.05) is 24.3 Å². The van der Waals surface area contributed by atoms with Crippen molar-refractivity contribution in [1.82, 2.24) is 15.1 Å². The minimum absolute atomic E-state index is 0.0969. The number of hydrogen-bond acceptors (Lipinski definition) is 4. The van der Waals surface area contributed by atoms with Crippen LogP contribution < -0.4 is 14.8 Å². The molecule has 1 saturated heterocycles. The highest BCUT2D eigenvalue weighted by atomic mass is 19.1. The molecule has 0 bridgehead atoms. The molecule has 1 aliphatic heterocycles. The lowest BCUT2D eigenvalue weighted by atomic mass is 10.2. The second kappa shape index (κ2) is 9.41. The third-order valence-electron chi connectivity index (χ3n) is 4.90. The van der Waals surface area contributed by atoms with Crippen LogP contribution in [-0.4, -0.2) is 56.2 Å². The van der Waals surface area contributed by atoms with Crippen molar-refractivity contribution in [3.05, 3.63) is 59.4 Å². The van der Waals surface area contributed by atoms with E-state index >= 15 is 0 Å². The van der Waals surface area contributed by atoms with Crippen molar-refractivity contribution in [1.29, 1.82) is 0 Å². The highest BCUT2D eigenvalue weighted by Crippen LogP contribution is 2.27. The van der Waals surface area contributed by atoms with Crippen LogP contribution in [0.4, 0.5) is 9.18 Å². The summed E-state index contributed by atoms with van der Waals surface area (Å²) in [5.74, 6) is 1.11. The van der Waals surface area contributed by atoms with Crippen molar-refractivity contribution in [3.63, 3.8) is 0 Å². The first-order chi connectivity index (χ1) is 13.6. The molecule has 0 spiro atoms. The van der Waals surface area contributed by atoms with Crippen LogP contribution >= 0.6 is 0 Å². The SMILES string of the molecule is COc1ccc(CNC(=O)N2CCN(Cc3ccccc3F)CC2)cc1OC. The van der Waals surface area contributed by atoms with Crippen LogP contribution in [0.2, 0.25) is 0 Å². The Kier molecular flexibility index (Phi) is 6.71. The number of carbonyl (C=O) groups is 1. The molecule has 0 unspecified atom stereocenters. The summed E-state index contributed by atoms with van der Waals surface area (Å²) in [6, 6.07) is 12.3. The standard InChI is InChI=1S/C21H26FN3O3/c1-27-19-8-7-16(13-20(19)28-2)14-23-21(26)25-11-9-24(10-12-25)15-17-5-3-4-6-18(17)22/h3-8,13H,9-12,14-15H2,1-2H3,(H,23,26). The average molecular weight is 387 g/mol. The summed E-state index contributed by atoms with van der Waals surface area (Å²) in [4.78, 5) is 16.4. The first-order valence-electron chi connectivity index (χ1n) is 9.30. The van der Waals surface area contributed by atoms with Gasteiger partial charge in [0.15, 0.2) is 11.5 Å². The van der Waals surface area contributed by atoms with Gasteiger partial charge in [-0.3, -0.25) is 4.90 Å². The van der Waals surface area contributed by atoms with Gasteiger partial charge in [0.2, 0.25) is 0 Å². The Labute approximate surface area is 164 Å². The number of nitrogens with one attached hydrogen (secondary N) is 1. The Morgan fingerprint density at radius 1 is 1.04 bits per heavy atom. The Morgan fingerprint density at radius 3 is 2.43 bits per heavy atom. The van der Waals surface area contributed by atoms with Gasteiger partial charge in [-0.25, -0.2) is 9.18 Å². The van der Waals surface area contributed by atoms with Crippen LogP contribution in [0, 0.1) is 5.82 Å². The van der Waals surface area contributed by atoms with Crippen LogP contribution in [0.5, 0.6) is 11.5 Å². The van der Waals surface area contributed by atoms with Gasteiger partial charge in [0, 0.05) is 44.8 Å². The largest absolute Gasteiger partial charge is 0.493 e. The van der Waals surface area contributed by atoms with E-state index in [-0.39, 0.29) is 11.8 Å². The fourth-order valence-corrected chi connectivity index (χ4v) is 3.26. The first kappa shape index (κ1) is 19.9. The lowest BCUT2D eigenvalue weighted by Crippen LogP contribution is -2.51. The minimum atomic E-state index is -0.183. The predicted molar refractivity (Wildman–Crippen MR) is 105 cm³/mol. The molecule has 1 fully saturated rings. The van der Waals surface area contributed by atoms with E-state index in [1.54, 1.807) is 31.3 Å². The maximum atomic E-state index is 13.8. The molecule has 1 aliphatic rings. The number of halogens is 1. The maximum absolute atomic E-state index is 13.8. The van der Waals surface area contributed by atoms with Crippen LogP contribution in [-0.2, 0) is 13.1 Å². The van der Waals surface area contributed by atoms with Crippen molar-refractivity contribution in [2.45, 2.75) is 13.1 Å². The molecule has 0 saturated carbocycles. The van der Waals surface area contributed by atoms with E-state index in [0.29, 0.717) is 43.2 Å². The third kappa shape index (κ3) is 4.92. The van der Waals surface area contributed by atoms with Crippen LogP contribution in [0.3, 0.4) is 0 Å². The van der Waals surface area contributed by atoms with E-state index in [1.165, 1.54) is 6.07 Å². The number of ether oxygens (including phenoxy) is 2. The molecular weight excluding hydrogens is 361 g/mol. The number of hydrogen-bond donors (Lipinski definition) is 1. The predicted octanol–water partition coefficient (Wildman–Crippen LogP) is 2.87. The van der Waals surface area contributed by atoms with Gasteiger partial charge in [-0.15, -0.1) is 0 Å². The Morgan fingerprint density at radius 2 is 1.75 bits per heavy atom. The number of methoxy groups -OCH3 is 2. The van der Waals surface area contributed by atoms with Crippen molar-refractivity contribution in [2.75, 3.05) is 40.4 Å². The maximum Gasteiger partial charge on any atom is 0.317 e. The second-order valence-corrected chi connectivity index (χ2v) is 6.70. The molecule has 28 heavy (non-hydrogen) atoms. The van der Waals surface area contributed by atoms with Crippen LogP contribution in [0.25, 0.3) is 0 Å². The number of urea groups is 1. The summed E-state index contributed by atoms with van der Waals surface area (Å²) in [5, 5.41) is 2.94. The summed E-state index contributed by atoms with van der Waals surface area (Å²) in [6.45, 7) is 3.65. The van der Waals surface area contributed by atoms with Gasteiger partial charge in [0.05, 0.1) is 14.2 Å². The molecule has 0 aromatic heterocycles. The summed E-state index contributed by atoms with van der Waals surface area (Å²) >= 11 is 0. The number of nitrogens with zero attached hydrogens (tertiary/aromatic N) is 2. The van der Waals surface area contributed by atoms with Gasteiger partial charge in [-0.2, -0.15) is 0 Å². The Bertz CT molecular complexity index is 807. The molecule has 150 valence electrons. The van der Waals surface area contributed by atoms with Crippen LogP contribution in [0.1, 0.15) is 11.1 Å². The van der Waals surface area contributed by atoms with Gasteiger partial charge in [0.1, 0.15) is 5.82 Å². The number of benzene rings is 2. The van der Waals surface area contributed by atoms with E-state index < -0.39 is 0 Å². The van der Waals surface area contributed by atoms with Gasteiger partial charge in [0.25, 0.3) is 0 Å². The zero-order valence-electron chi connectivity index (χ0n) is 16.3. The molecule has 1 N–H and O–H groups in total. The zero-order chi connectivity index (χ0) is 19.9. The number of carbonyl (C=O) groups excluding carboxylic acids is 1. The highest BCUT2D eigenvalue weighted by Gasteiger charge is 2.21. The average Bonchev–Trinajstić information content (AvgIpc) is 2.74. The van der Waals surface area contributed by atoms with E-state index in [9.17, 15) is 9.18 Å². The third-order valence-corrected chi connectivity index (χ3v) is 4.90. The van der Waals surface area contributed by atoms with E-state index in [0.717, 1.165) is 18.7 Å². The van der Waals surface area contributed by atoms with E-state index in [1.807, 2.05) is 24.3 Å². The number of rotatable bonds is 6. The smallest absolute Gasteiger partial charge is 0.317 e. The molecule has 6 nitrogen and oxygen atoms in total. The summed E-state index contributed by atoms with van der Waals surface area (Å²) < 4.78 is 24.3. The molecule has 0 radical (unpaired) electrons. The molecule has 2 aromatic carbocycles. The van der Waals surface area contributed by atoms with E-state index in [4.69, 9.17) is 9.47 Å². The molecule has 2 aromatic rings. The zero-order valence-corrected chi connectivity index (χ0v) is 16.3. The molecule has 1 heterocycles. The van der Waals surface area contributed by atoms with E-state index in [2.05, 4.69) is 10.2 Å². The van der Waals surface area contributed by atoms with Crippen molar-refractivity contribution < 1.29 is 18.7 Å². The highest BCUT2D eigenvalue weighted by molar-refractivity contribution is 5.74. The quantitative estimate of drug-likeness (QED) is 0.828. The molecule has 0 atom stereocenters. The van der Waals surface area contributed by atoms with Gasteiger partial charge >= 0.3 is 6.03 Å². The van der Waals surface area contributed by atoms with Crippen molar-refractivity contribution in [3.8, 4) is 11.5 Å². The molecule has 7 heteroatoms. The minimum Gasteiger partial charge on any atom is -0.493 e. The monoisotopic (exact) mass is 387 g/mol. The Hall–Kier alpha value is -2.80. The summed E-state index contributed by atoms with van der Waals surface area (Å²) in [6.07, 6.45) is 0. The molecule has 3 rings (SSSR count). The van der Waals surface area contributed by atoms with Crippen LogP contribution in [0.15, 0.2) is 42.5 Å². The molecular formula is C21H26FN3O3.